The van der Waals surface area contributed by atoms with E-state index in [2.05, 4.69) is 10.6 Å². The van der Waals surface area contributed by atoms with E-state index in [1.165, 1.54) is 0 Å². The minimum Gasteiger partial charge on any atom is -0.462 e. The number of rotatable bonds is 9. The molecule has 2 aromatic carbocycles. The summed E-state index contributed by atoms with van der Waals surface area (Å²) in [6, 6.07) is 13.4. The molecule has 0 aliphatic carbocycles. The third-order valence-corrected chi connectivity index (χ3v) is 4.24. The van der Waals surface area contributed by atoms with E-state index in [9.17, 15) is 14.4 Å². The summed E-state index contributed by atoms with van der Waals surface area (Å²) < 4.78 is 5.06. The summed E-state index contributed by atoms with van der Waals surface area (Å²) >= 11 is 6.02. The van der Waals surface area contributed by atoms with Crippen LogP contribution in [-0.4, -0.2) is 44.5 Å². The van der Waals surface area contributed by atoms with Crippen LogP contribution in [0.1, 0.15) is 23.7 Å². The first-order valence-electron chi connectivity index (χ1n) is 9.31. The van der Waals surface area contributed by atoms with Crippen molar-refractivity contribution in [3.05, 3.63) is 59.1 Å². The largest absolute Gasteiger partial charge is 0.462 e. The predicted octanol–water partition coefficient (Wildman–Crippen LogP) is 2.00. The van der Waals surface area contributed by atoms with E-state index in [0.29, 0.717) is 33.5 Å². The quantitative estimate of drug-likeness (QED) is 0.543. The van der Waals surface area contributed by atoms with Gasteiger partial charge in [-0.05, 0) is 42.8 Å². The molecule has 0 saturated heterocycles. The topological polar surface area (TPSA) is 88.9 Å². The van der Waals surface area contributed by atoms with Crippen molar-refractivity contribution in [3.8, 4) is 0 Å². The molecule has 0 aromatic heterocycles. The lowest BCUT2D eigenvalue weighted by molar-refractivity contribution is -0.862. The number of esters is 1. The number of quaternary nitrogens is 1. The van der Waals surface area contributed by atoms with Crippen molar-refractivity contribution in [2.24, 2.45) is 0 Å². The number of hydrogen-bond acceptors (Lipinski definition) is 4. The molecule has 2 rings (SSSR count). The number of amides is 2. The molecule has 1 atom stereocenters. The Bertz CT molecular complexity index is 855. The predicted molar refractivity (Wildman–Crippen MR) is 112 cm³/mol. The molecule has 0 aliphatic rings. The first-order chi connectivity index (χ1) is 13.9. The van der Waals surface area contributed by atoms with Crippen LogP contribution in [0.4, 0.5) is 11.4 Å². The molecule has 0 spiro atoms. The highest BCUT2D eigenvalue weighted by atomic mass is 35.5. The molecule has 154 valence electrons. The summed E-state index contributed by atoms with van der Waals surface area (Å²) in [4.78, 5) is 36.8. The minimum absolute atomic E-state index is 0.107. The van der Waals surface area contributed by atoms with E-state index in [1.807, 2.05) is 6.92 Å². The monoisotopic (exact) mass is 418 g/mol. The van der Waals surface area contributed by atoms with E-state index in [0.717, 1.165) is 6.42 Å². The van der Waals surface area contributed by atoms with Crippen LogP contribution in [0.25, 0.3) is 0 Å². The van der Waals surface area contributed by atoms with Crippen LogP contribution in [0.3, 0.4) is 0 Å². The summed E-state index contributed by atoms with van der Waals surface area (Å²) in [6.07, 6.45) is 0.756. The summed E-state index contributed by atoms with van der Waals surface area (Å²) in [7, 11) is 1.75. The summed E-state index contributed by atoms with van der Waals surface area (Å²) in [5.74, 6) is -0.869. The molecule has 0 heterocycles. The Hall–Kier alpha value is -2.90. The number of ether oxygens (including phenoxy) is 1. The van der Waals surface area contributed by atoms with E-state index in [4.69, 9.17) is 16.3 Å². The molecule has 1 unspecified atom stereocenters. The van der Waals surface area contributed by atoms with E-state index in [1.54, 1.807) is 55.6 Å². The van der Waals surface area contributed by atoms with Crippen molar-refractivity contribution in [1.82, 2.24) is 0 Å². The molecule has 0 aliphatic heterocycles. The first-order valence-corrected chi connectivity index (χ1v) is 9.69. The average Bonchev–Trinajstić information content (AvgIpc) is 2.68. The van der Waals surface area contributed by atoms with Gasteiger partial charge < -0.3 is 20.3 Å². The second-order valence-electron chi connectivity index (χ2n) is 6.60. The van der Waals surface area contributed by atoms with Crippen LogP contribution in [0.5, 0.6) is 0 Å². The Morgan fingerprint density at radius 3 is 2.21 bits per heavy atom. The molecule has 0 radical (unpaired) electrons. The molecular weight excluding hydrogens is 394 g/mol. The normalized spacial score (nSPS) is 11.4. The lowest BCUT2D eigenvalue weighted by atomic mass is 10.2. The summed E-state index contributed by atoms with van der Waals surface area (Å²) in [5.41, 5.74) is 1.53. The Balaban J connectivity index is 1.80. The van der Waals surface area contributed by atoms with Gasteiger partial charge in [-0.1, -0.05) is 30.7 Å². The van der Waals surface area contributed by atoms with Crippen molar-refractivity contribution in [1.29, 1.82) is 0 Å². The Morgan fingerprint density at radius 2 is 1.59 bits per heavy atom. The maximum atomic E-state index is 12.2. The number of benzene rings is 2. The van der Waals surface area contributed by atoms with Gasteiger partial charge in [-0.25, -0.2) is 4.79 Å². The van der Waals surface area contributed by atoms with E-state index in [-0.39, 0.29) is 24.9 Å². The highest BCUT2D eigenvalue weighted by Gasteiger charge is 2.15. The molecule has 29 heavy (non-hydrogen) atoms. The van der Waals surface area contributed by atoms with Crippen LogP contribution in [0.15, 0.2) is 48.5 Å². The lowest BCUT2D eigenvalue weighted by Gasteiger charge is -2.14. The van der Waals surface area contributed by atoms with Crippen molar-refractivity contribution in [2.75, 3.05) is 37.4 Å². The maximum Gasteiger partial charge on any atom is 0.338 e. The Morgan fingerprint density at radius 1 is 0.966 bits per heavy atom. The number of carbonyl (C=O) groups excluding carboxylic acids is 3. The Labute approximate surface area is 175 Å². The zero-order valence-electron chi connectivity index (χ0n) is 16.5. The number of anilines is 2. The highest BCUT2D eigenvalue weighted by molar-refractivity contribution is 6.33. The number of nitrogens with one attached hydrogen (secondary N) is 3. The summed E-state index contributed by atoms with van der Waals surface area (Å²) in [6.45, 7) is 2.51. The smallest absolute Gasteiger partial charge is 0.338 e. The fourth-order valence-electron chi connectivity index (χ4n) is 2.54. The third kappa shape index (κ3) is 7.56. The summed E-state index contributed by atoms with van der Waals surface area (Å²) in [5, 5.41) is 5.93. The fraction of sp³-hybridized carbons (Fsp3) is 0.286. The molecule has 2 amide bonds. The van der Waals surface area contributed by atoms with Crippen molar-refractivity contribution in [2.45, 2.75) is 13.3 Å². The van der Waals surface area contributed by atoms with Gasteiger partial charge in [0.25, 0.3) is 11.8 Å². The SMILES string of the molecule is CCCOC(=O)c1ccc(NC(=O)C[NH+](C)CC(=O)Nc2ccccc2Cl)cc1. The van der Waals surface area contributed by atoms with Gasteiger partial charge in [0.05, 0.1) is 29.9 Å². The number of halogens is 1. The molecular formula is C21H25ClN3O4+. The zero-order valence-corrected chi connectivity index (χ0v) is 17.2. The second kappa shape index (κ2) is 11.2. The van der Waals surface area contributed by atoms with Gasteiger partial charge in [0, 0.05) is 5.69 Å². The van der Waals surface area contributed by atoms with Crippen LogP contribution in [0.2, 0.25) is 5.02 Å². The number of hydrogen-bond donors (Lipinski definition) is 3. The minimum atomic E-state index is -0.390. The third-order valence-electron chi connectivity index (χ3n) is 3.91. The standard InChI is InChI=1S/C21H24ClN3O4/c1-3-12-29-21(28)15-8-10-16(11-9-15)23-19(26)13-25(2)14-20(27)24-18-7-5-4-6-17(18)22/h4-11H,3,12-14H2,1-2H3,(H,23,26)(H,24,27)/p+1. The van der Waals surface area contributed by atoms with Crippen LogP contribution >= 0.6 is 11.6 Å². The Kier molecular flexibility index (Phi) is 8.64. The van der Waals surface area contributed by atoms with Crippen molar-refractivity contribution >= 4 is 40.8 Å². The molecule has 0 bridgehead atoms. The van der Waals surface area contributed by atoms with Crippen LogP contribution in [0, 0.1) is 0 Å². The van der Waals surface area contributed by atoms with Crippen molar-refractivity contribution in [3.63, 3.8) is 0 Å². The van der Waals surface area contributed by atoms with Gasteiger partial charge in [-0.3, -0.25) is 9.59 Å². The van der Waals surface area contributed by atoms with Crippen molar-refractivity contribution < 1.29 is 24.0 Å². The van der Waals surface area contributed by atoms with E-state index >= 15 is 0 Å². The van der Waals surface area contributed by atoms with Gasteiger partial charge in [0.15, 0.2) is 13.1 Å². The molecule has 3 N–H and O–H groups in total. The van der Waals surface area contributed by atoms with Crippen LogP contribution in [-0.2, 0) is 14.3 Å². The fourth-order valence-corrected chi connectivity index (χ4v) is 2.72. The average molecular weight is 419 g/mol. The molecule has 7 nitrogen and oxygen atoms in total. The molecule has 8 heteroatoms. The van der Waals surface area contributed by atoms with Crippen LogP contribution < -0.4 is 15.5 Å². The van der Waals surface area contributed by atoms with Gasteiger partial charge in [-0.15, -0.1) is 0 Å². The molecule has 0 saturated carbocycles. The van der Waals surface area contributed by atoms with Gasteiger partial charge >= 0.3 is 5.97 Å². The number of likely N-dealkylation sites (N-methyl/N-ethyl adjacent to an activating group) is 1. The number of para-hydroxylation sites is 1. The molecule has 0 fully saturated rings. The molecule has 2 aromatic rings. The van der Waals surface area contributed by atoms with Gasteiger partial charge in [0.2, 0.25) is 0 Å². The van der Waals surface area contributed by atoms with Gasteiger partial charge in [0.1, 0.15) is 0 Å². The highest BCUT2D eigenvalue weighted by Crippen LogP contribution is 2.19. The first kappa shape index (κ1) is 22.4. The van der Waals surface area contributed by atoms with E-state index < -0.39 is 5.97 Å². The lowest BCUT2D eigenvalue weighted by Crippen LogP contribution is -3.11. The zero-order chi connectivity index (χ0) is 21.2. The second-order valence-corrected chi connectivity index (χ2v) is 7.01. The number of carbonyl (C=O) groups is 3. The maximum absolute atomic E-state index is 12.2. The van der Waals surface area contributed by atoms with Gasteiger partial charge in [-0.2, -0.15) is 0 Å².